The first kappa shape index (κ1) is 12.7. The molecule has 2 heterocycles. The summed E-state index contributed by atoms with van der Waals surface area (Å²) in [5.74, 6) is 0.727. The fourth-order valence-electron chi connectivity index (χ4n) is 1.78. The van der Waals surface area contributed by atoms with Crippen molar-refractivity contribution in [3.63, 3.8) is 0 Å². The third kappa shape index (κ3) is 2.41. The monoisotopic (exact) mass is 337 g/mol. The first-order valence-electron chi connectivity index (χ1n) is 5.76. The van der Waals surface area contributed by atoms with Gasteiger partial charge in [-0.3, -0.25) is 5.43 Å². The van der Waals surface area contributed by atoms with Gasteiger partial charge >= 0.3 is 0 Å². The Bertz CT molecular complexity index is 632. The maximum Gasteiger partial charge on any atom is 0.214 e. The van der Waals surface area contributed by atoms with Crippen LogP contribution in [-0.2, 0) is 0 Å². The summed E-state index contributed by atoms with van der Waals surface area (Å²) < 4.78 is 2.90. The molecule has 0 aliphatic carbocycles. The van der Waals surface area contributed by atoms with E-state index in [9.17, 15) is 0 Å². The summed E-state index contributed by atoms with van der Waals surface area (Å²) in [5.41, 5.74) is 11.3. The number of rotatable bonds is 2. The van der Waals surface area contributed by atoms with Gasteiger partial charge in [0, 0.05) is 15.4 Å². The van der Waals surface area contributed by atoms with Gasteiger partial charge in [0.15, 0.2) is 5.82 Å². The Balaban J connectivity index is 1.93. The largest absolute Gasteiger partial charge is 0.321 e. The summed E-state index contributed by atoms with van der Waals surface area (Å²) in [6.07, 6.45) is 0. The van der Waals surface area contributed by atoms with Gasteiger partial charge < -0.3 is 5.73 Å². The molecule has 3 N–H and O–H groups in total. The topological polar surface area (TPSA) is 68.8 Å². The number of hydrogen-bond acceptors (Lipinski definition) is 5. The first-order chi connectivity index (χ1) is 9.15. The third-order valence-electron chi connectivity index (χ3n) is 2.74. The molecule has 7 heteroatoms. The van der Waals surface area contributed by atoms with Crippen molar-refractivity contribution < 1.29 is 0 Å². The van der Waals surface area contributed by atoms with Gasteiger partial charge in [-0.2, -0.15) is 0 Å². The highest BCUT2D eigenvalue weighted by atomic mass is 79.9. The van der Waals surface area contributed by atoms with Crippen molar-refractivity contribution in [1.29, 1.82) is 0 Å². The lowest BCUT2D eigenvalue weighted by Gasteiger charge is -2.20. The van der Waals surface area contributed by atoms with E-state index in [1.165, 1.54) is 11.8 Å². The van der Waals surface area contributed by atoms with E-state index >= 15 is 0 Å². The number of halogens is 1. The van der Waals surface area contributed by atoms with Crippen LogP contribution in [0.3, 0.4) is 0 Å². The smallest absolute Gasteiger partial charge is 0.214 e. The molecule has 0 fully saturated rings. The van der Waals surface area contributed by atoms with Gasteiger partial charge in [0.25, 0.3) is 0 Å². The van der Waals surface area contributed by atoms with Crippen LogP contribution in [-0.4, -0.2) is 14.9 Å². The van der Waals surface area contributed by atoms with Crippen molar-refractivity contribution in [2.24, 2.45) is 5.73 Å². The van der Waals surface area contributed by atoms with Gasteiger partial charge in [0.1, 0.15) is 0 Å². The molecule has 0 spiro atoms. The maximum atomic E-state index is 5.89. The zero-order chi connectivity index (χ0) is 13.4. The van der Waals surface area contributed by atoms with E-state index in [2.05, 4.69) is 31.6 Å². The van der Waals surface area contributed by atoms with Crippen molar-refractivity contribution in [2.75, 3.05) is 5.43 Å². The van der Waals surface area contributed by atoms with Crippen molar-refractivity contribution in [1.82, 2.24) is 14.9 Å². The van der Waals surface area contributed by atoms with Crippen molar-refractivity contribution in [3.8, 4) is 0 Å². The van der Waals surface area contributed by atoms with Crippen molar-refractivity contribution in [3.05, 3.63) is 45.5 Å². The maximum absolute atomic E-state index is 5.89. The minimum absolute atomic E-state index is 0.168. The van der Waals surface area contributed by atoms with Gasteiger partial charge in [0.2, 0.25) is 5.16 Å². The van der Waals surface area contributed by atoms with E-state index in [1.54, 1.807) is 0 Å². The Labute approximate surface area is 123 Å². The van der Waals surface area contributed by atoms with Crippen LogP contribution in [0.4, 0.5) is 0 Å². The summed E-state index contributed by atoms with van der Waals surface area (Å²) in [6, 6.07) is 7.95. The van der Waals surface area contributed by atoms with E-state index in [-0.39, 0.29) is 6.04 Å². The SMILES string of the molecule is C[C@H](N)c1nnc2n1NC(c1ccc(Br)cc1)=CS2. The third-order valence-corrected chi connectivity index (χ3v) is 4.09. The Morgan fingerprint density at radius 3 is 2.74 bits per heavy atom. The van der Waals surface area contributed by atoms with E-state index < -0.39 is 0 Å². The van der Waals surface area contributed by atoms with Crippen LogP contribution in [0.15, 0.2) is 39.3 Å². The molecule has 1 aliphatic rings. The van der Waals surface area contributed by atoms with Crippen molar-refractivity contribution in [2.45, 2.75) is 18.1 Å². The first-order valence-corrected chi connectivity index (χ1v) is 7.43. The summed E-state index contributed by atoms with van der Waals surface area (Å²) in [6.45, 7) is 1.89. The molecule has 1 aliphatic heterocycles. The number of benzene rings is 1. The number of aromatic nitrogens is 3. The molecule has 0 bridgehead atoms. The zero-order valence-corrected chi connectivity index (χ0v) is 12.6. The molecule has 5 nitrogen and oxygen atoms in total. The minimum Gasteiger partial charge on any atom is -0.321 e. The summed E-state index contributed by atoms with van der Waals surface area (Å²) in [5, 5.41) is 11.0. The second-order valence-corrected chi connectivity index (χ2v) is 5.99. The molecule has 0 saturated carbocycles. The van der Waals surface area contributed by atoms with E-state index in [4.69, 9.17) is 5.73 Å². The Kier molecular flexibility index (Phi) is 3.34. The molecule has 98 valence electrons. The highest BCUT2D eigenvalue weighted by Crippen LogP contribution is 2.29. The molecule has 0 unspecified atom stereocenters. The Hall–Kier alpha value is -1.31. The number of hydrogen-bond donors (Lipinski definition) is 2. The molecule has 19 heavy (non-hydrogen) atoms. The molecule has 0 radical (unpaired) electrons. The second-order valence-electron chi connectivity index (χ2n) is 4.23. The molecular weight excluding hydrogens is 326 g/mol. The lowest BCUT2D eigenvalue weighted by molar-refractivity contribution is 0.678. The predicted octanol–water partition coefficient (Wildman–Crippen LogP) is 2.71. The number of fused-ring (bicyclic) bond motifs is 1. The standard InChI is InChI=1S/C12H12BrN5S/c1-7(14)11-15-16-12-18(11)17-10(6-19-12)8-2-4-9(13)5-3-8/h2-7,17H,14H2,1H3/t7-/m0/s1. The average molecular weight is 338 g/mol. The highest BCUT2D eigenvalue weighted by Gasteiger charge is 2.20. The minimum atomic E-state index is -0.168. The van der Waals surface area contributed by atoms with Gasteiger partial charge in [0.05, 0.1) is 11.7 Å². The van der Waals surface area contributed by atoms with E-state index in [0.717, 1.165) is 26.7 Å². The molecule has 0 amide bonds. The molecule has 1 atom stereocenters. The molecule has 1 aromatic carbocycles. The van der Waals surface area contributed by atoms with Gasteiger partial charge in [-0.1, -0.05) is 39.8 Å². The fraction of sp³-hybridized carbons (Fsp3) is 0.167. The Morgan fingerprint density at radius 1 is 1.32 bits per heavy atom. The quantitative estimate of drug-likeness (QED) is 0.881. The molecule has 2 aromatic rings. The van der Waals surface area contributed by atoms with Crippen molar-refractivity contribution >= 4 is 33.4 Å². The van der Waals surface area contributed by atoms with Crippen LogP contribution in [0.5, 0.6) is 0 Å². The predicted molar refractivity (Wildman–Crippen MR) is 80.0 cm³/mol. The van der Waals surface area contributed by atoms with Crippen LogP contribution in [0, 0.1) is 0 Å². The molecule has 0 saturated heterocycles. The second kappa shape index (κ2) is 4.99. The summed E-state index contributed by atoms with van der Waals surface area (Å²) in [7, 11) is 0. The number of nitrogens with one attached hydrogen (secondary N) is 1. The van der Waals surface area contributed by atoms with Gasteiger partial charge in [-0.25, -0.2) is 4.68 Å². The number of nitrogens with two attached hydrogens (primary N) is 1. The van der Waals surface area contributed by atoms with Gasteiger partial charge in [-0.05, 0) is 19.1 Å². The fourth-order valence-corrected chi connectivity index (χ4v) is 2.79. The van der Waals surface area contributed by atoms with Crippen LogP contribution < -0.4 is 11.2 Å². The number of thioether (sulfide) groups is 1. The van der Waals surface area contributed by atoms with E-state index in [0.29, 0.717) is 0 Å². The molecule has 3 rings (SSSR count). The highest BCUT2D eigenvalue weighted by molar-refractivity contribution is 9.10. The Morgan fingerprint density at radius 2 is 2.05 bits per heavy atom. The normalized spacial score (nSPS) is 15.4. The van der Waals surface area contributed by atoms with Crippen LogP contribution in [0.1, 0.15) is 24.4 Å². The van der Waals surface area contributed by atoms with Crippen LogP contribution in [0.2, 0.25) is 0 Å². The lowest BCUT2D eigenvalue weighted by Crippen LogP contribution is -2.23. The van der Waals surface area contributed by atoms with Gasteiger partial charge in [-0.15, -0.1) is 10.2 Å². The summed E-state index contributed by atoms with van der Waals surface area (Å²) in [4.78, 5) is 0. The molecular formula is C12H12BrN5S. The van der Waals surface area contributed by atoms with Crippen LogP contribution in [0.25, 0.3) is 5.70 Å². The lowest BCUT2D eigenvalue weighted by atomic mass is 10.2. The van der Waals surface area contributed by atoms with Crippen LogP contribution >= 0.6 is 27.7 Å². The number of nitrogens with zero attached hydrogens (tertiary/aromatic N) is 3. The molecule has 1 aromatic heterocycles. The van der Waals surface area contributed by atoms with E-state index in [1.807, 2.05) is 41.3 Å². The average Bonchev–Trinajstić information content (AvgIpc) is 2.82. The zero-order valence-electron chi connectivity index (χ0n) is 10.2. The summed E-state index contributed by atoms with van der Waals surface area (Å²) >= 11 is 4.96.